The van der Waals surface area contributed by atoms with Crippen LogP contribution in [0.3, 0.4) is 0 Å². The molecule has 152 valence electrons. The Hall–Kier alpha value is -2.38. The van der Waals surface area contributed by atoms with Gasteiger partial charge in [0.25, 0.3) is 5.91 Å². The molecule has 2 amide bonds. The Morgan fingerprint density at radius 2 is 1.83 bits per heavy atom. The second kappa shape index (κ2) is 8.97. The highest BCUT2D eigenvalue weighted by atomic mass is 79.9. The van der Waals surface area contributed by atoms with Crippen LogP contribution in [0, 0.1) is 19.8 Å². The molecule has 0 unspecified atom stereocenters. The predicted octanol–water partition coefficient (Wildman–Crippen LogP) is 4.25. The Labute approximate surface area is 182 Å². The molecule has 1 saturated heterocycles. The largest absolute Gasteiger partial charge is 0.455 e. The molecule has 3 rings (SSSR count). The van der Waals surface area contributed by atoms with E-state index in [2.05, 4.69) is 21.2 Å². The van der Waals surface area contributed by atoms with Gasteiger partial charge in [0.15, 0.2) is 6.61 Å². The molecule has 2 aromatic rings. The Bertz CT molecular complexity index is 939. The number of benzene rings is 2. The number of aryl methyl sites for hydroxylation is 2. The van der Waals surface area contributed by atoms with Crippen LogP contribution in [-0.4, -0.2) is 30.9 Å². The standard InChI is InChI=1S/C21H20BrClN2O4/c1-12-7-16(8-13(2)20(12)22)24-18(26)11-29-21(28)14-9-19(27)25(10-14)17-5-3-15(23)4-6-17/h3-8,14H,9-11H2,1-2H3,(H,24,26)/t14-/m1/s1. The van der Waals surface area contributed by atoms with E-state index < -0.39 is 24.4 Å². The zero-order chi connectivity index (χ0) is 21.1. The molecule has 1 aliphatic heterocycles. The Balaban J connectivity index is 1.53. The number of nitrogens with zero attached hydrogens (tertiary/aromatic N) is 1. The maximum atomic E-state index is 12.3. The van der Waals surface area contributed by atoms with Crippen molar-refractivity contribution in [3.63, 3.8) is 0 Å². The monoisotopic (exact) mass is 478 g/mol. The van der Waals surface area contributed by atoms with Crippen molar-refractivity contribution in [2.75, 3.05) is 23.4 Å². The lowest BCUT2D eigenvalue weighted by Crippen LogP contribution is -2.28. The van der Waals surface area contributed by atoms with Gasteiger partial charge in [-0.2, -0.15) is 0 Å². The van der Waals surface area contributed by atoms with Gasteiger partial charge >= 0.3 is 5.97 Å². The van der Waals surface area contributed by atoms with Gasteiger partial charge in [0.2, 0.25) is 5.91 Å². The molecule has 29 heavy (non-hydrogen) atoms. The number of rotatable bonds is 5. The van der Waals surface area contributed by atoms with Gasteiger partial charge in [-0.05, 0) is 61.4 Å². The van der Waals surface area contributed by atoms with E-state index in [9.17, 15) is 14.4 Å². The average molecular weight is 480 g/mol. The van der Waals surface area contributed by atoms with Crippen LogP contribution in [0.15, 0.2) is 40.9 Å². The summed E-state index contributed by atoms with van der Waals surface area (Å²) in [5.74, 6) is -1.77. The van der Waals surface area contributed by atoms with Crippen LogP contribution in [0.2, 0.25) is 5.02 Å². The Kier molecular flexibility index (Phi) is 6.59. The summed E-state index contributed by atoms with van der Waals surface area (Å²) in [5, 5.41) is 3.29. The molecular formula is C21H20BrClN2O4. The van der Waals surface area contributed by atoms with Gasteiger partial charge in [-0.1, -0.05) is 27.5 Å². The third-order valence-corrected chi connectivity index (χ3v) is 6.17. The molecule has 6 nitrogen and oxygen atoms in total. The molecule has 0 aliphatic carbocycles. The minimum absolute atomic E-state index is 0.0498. The quantitative estimate of drug-likeness (QED) is 0.651. The first-order valence-electron chi connectivity index (χ1n) is 9.03. The summed E-state index contributed by atoms with van der Waals surface area (Å²) in [4.78, 5) is 38.2. The number of carbonyl (C=O) groups is 3. The van der Waals surface area contributed by atoms with Gasteiger partial charge in [-0.25, -0.2) is 0 Å². The van der Waals surface area contributed by atoms with Crippen LogP contribution in [0.25, 0.3) is 0 Å². The van der Waals surface area contributed by atoms with Crippen molar-refractivity contribution in [1.82, 2.24) is 0 Å². The fourth-order valence-corrected chi connectivity index (χ4v) is 3.56. The van der Waals surface area contributed by atoms with E-state index in [1.165, 1.54) is 4.90 Å². The summed E-state index contributed by atoms with van der Waals surface area (Å²) in [6, 6.07) is 10.5. The van der Waals surface area contributed by atoms with Crippen molar-refractivity contribution < 1.29 is 19.1 Å². The highest BCUT2D eigenvalue weighted by molar-refractivity contribution is 9.10. The molecule has 2 aromatic carbocycles. The van der Waals surface area contributed by atoms with Crippen LogP contribution in [0.5, 0.6) is 0 Å². The van der Waals surface area contributed by atoms with Crippen LogP contribution in [0.4, 0.5) is 11.4 Å². The second-order valence-corrected chi connectivity index (χ2v) is 8.19. The number of hydrogen-bond acceptors (Lipinski definition) is 4. The fraction of sp³-hybridized carbons (Fsp3) is 0.286. The van der Waals surface area contributed by atoms with E-state index in [0.29, 0.717) is 16.4 Å². The molecule has 0 bridgehead atoms. The summed E-state index contributed by atoms with van der Waals surface area (Å²) < 4.78 is 6.12. The summed E-state index contributed by atoms with van der Waals surface area (Å²) in [6.45, 7) is 3.66. The number of ether oxygens (including phenoxy) is 1. The lowest BCUT2D eigenvalue weighted by molar-refractivity contribution is -0.151. The van der Waals surface area contributed by atoms with Crippen molar-refractivity contribution in [2.24, 2.45) is 5.92 Å². The van der Waals surface area contributed by atoms with Crippen molar-refractivity contribution in [3.05, 3.63) is 57.0 Å². The molecule has 1 heterocycles. The molecule has 1 fully saturated rings. The normalized spacial score (nSPS) is 16.1. The summed E-state index contributed by atoms with van der Waals surface area (Å²) in [5.41, 5.74) is 3.29. The molecule has 0 radical (unpaired) electrons. The number of anilines is 2. The van der Waals surface area contributed by atoms with E-state index in [1.807, 2.05) is 26.0 Å². The summed E-state index contributed by atoms with van der Waals surface area (Å²) in [6.07, 6.45) is 0.0498. The van der Waals surface area contributed by atoms with Gasteiger partial charge in [0.1, 0.15) is 0 Å². The van der Waals surface area contributed by atoms with Crippen molar-refractivity contribution >= 4 is 56.7 Å². The molecule has 1 aliphatic rings. The van der Waals surface area contributed by atoms with E-state index in [0.717, 1.165) is 15.6 Å². The van der Waals surface area contributed by atoms with E-state index in [4.69, 9.17) is 16.3 Å². The molecule has 0 saturated carbocycles. The minimum Gasteiger partial charge on any atom is -0.455 e. The van der Waals surface area contributed by atoms with E-state index in [1.54, 1.807) is 24.3 Å². The van der Waals surface area contributed by atoms with Crippen LogP contribution in [-0.2, 0) is 19.1 Å². The first-order chi connectivity index (χ1) is 13.7. The number of carbonyl (C=O) groups excluding carboxylic acids is 3. The van der Waals surface area contributed by atoms with E-state index >= 15 is 0 Å². The molecule has 0 spiro atoms. The summed E-state index contributed by atoms with van der Waals surface area (Å²) >= 11 is 9.35. The number of nitrogens with one attached hydrogen (secondary N) is 1. The highest BCUT2D eigenvalue weighted by Gasteiger charge is 2.36. The third-order valence-electron chi connectivity index (χ3n) is 4.66. The first-order valence-corrected chi connectivity index (χ1v) is 10.2. The molecular weight excluding hydrogens is 460 g/mol. The Morgan fingerprint density at radius 3 is 2.45 bits per heavy atom. The van der Waals surface area contributed by atoms with Gasteiger partial charge < -0.3 is 15.0 Å². The molecule has 1 atom stereocenters. The third kappa shape index (κ3) is 5.16. The van der Waals surface area contributed by atoms with Gasteiger partial charge in [-0.15, -0.1) is 0 Å². The SMILES string of the molecule is Cc1cc(NC(=O)COC(=O)[C@@H]2CC(=O)N(c3ccc(Cl)cc3)C2)cc(C)c1Br. The minimum atomic E-state index is -0.608. The average Bonchev–Trinajstić information content (AvgIpc) is 3.06. The molecule has 1 N–H and O–H groups in total. The fourth-order valence-electron chi connectivity index (χ4n) is 3.21. The zero-order valence-electron chi connectivity index (χ0n) is 16.0. The number of halogens is 2. The smallest absolute Gasteiger partial charge is 0.311 e. The number of hydrogen-bond donors (Lipinski definition) is 1. The lowest BCUT2D eigenvalue weighted by Gasteiger charge is -2.16. The van der Waals surface area contributed by atoms with Gasteiger partial charge in [0.05, 0.1) is 5.92 Å². The van der Waals surface area contributed by atoms with Gasteiger partial charge in [0, 0.05) is 33.8 Å². The van der Waals surface area contributed by atoms with Gasteiger partial charge in [-0.3, -0.25) is 14.4 Å². The summed E-state index contributed by atoms with van der Waals surface area (Å²) in [7, 11) is 0. The van der Waals surface area contributed by atoms with Crippen molar-refractivity contribution in [2.45, 2.75) is 20.3 Å². The Morgan fingerprint density at radius 1 is 1.21 bits per heavy atom. The van der Waals surface area contributed by atoms with Crippen molar-refractivity contribution in [3.8, 4) is 0 Å². The second-order valence-electron chi connectivity index (χ2n) is 6.96. The highest BCUT2D eigenvalue weighted by Crippen LogP contribution is 2.27. The first kappa shape index (κ1) is 21.3. The molecule has 0 aromatic heterocycles. The number of esters is 1. The maximum Gasteiger partial charge on any atom is 0.311 e. The molecule has 8 heteroatoms. The van der Waals surface area contributed by atoms with Crippen molar-refractivity contribution in [1.29, 1.82) is 0 Å². The lowest BCUT2D eigenvalue weighted by atomic mass is 10.1. The zero-order valence-corrected chi connectivity index (χ0v) is 18.3. The van der Waals surface area contributed by atoms with E-state index in [-0.39, 0.29) is 18.9 Å². The number of amides is 2. The van der Waals surface area contributed by atoms with Crippen LogP contribution in [0.1, 0.15) is 17.5 Å². The topological polar surface area (TPSA) is 75.7 Å². The predicted molar refractivity (Wildman–Crippen MR) is 115 cm³/mol. The van der Waals surface area contributed by atoms with Crippen LogP contribution < -0.4 is 10.2 Å². The maximum absolute atomic E-state index is 12.3. The van der Waals surface area contributed by atoms with Crippen LogP contribution >= 0.6 is 27.5 Å².